The summed E-state index contributed by atoms with van der Waals surface area (Å²) in [6.45, 7) is 0. The summed E-state index contributed by atoms with van der Waals surface area (Å²) in [5.41, 5.74) is 2.55. The molecule has 4 aromatic rings. The smallest absolute Gasteiger partial charge is 0.292 e. The van der Waals surface area contributed by atoms with E-state index in [9.17, 15) is 0 Å². The van der Waals surface area contributed by atoms with Crippen molar-refractivity contribution in [2.75, 3.05) is 0 Å². The van der Waals surface area contributed by atoms with Crippen LogP contribution < -0.4 is 19.2 Å². The highest BCUT2D eigenvalue weighted by molar-refractivity contribution is 5.62. The SMILES string of the molecule is N#COc1ccc(OOOc2ccc(OC#N)cc2)cc1.c1ccc(-c2ccccc2)cc1. The van der Waals surface area contributed by atoms with Crippen LogP contribution in [0.3, 0.4) is 0 Å². The molecule has 33 heavy (non-hydrogen) atoms. The highest BCUT2D eigenvalue weighted by atomic mass is 17.5. The summed E-state index contributed by atoms with van der Waals surface area (Å²) in [7, 11) is 0. The Labute approximate surface area is 191 Å². The molecule has 0 aliphatic carbocycles. The molecule has 7 nitrogen and oxygen atoms in total. The molecule has 162 valence electrons. The van der Waals surface area contributed by atoms with Gasteiger partial charge >= 0.3 is 0 Å². The van der Waals surface area contributed by atoms with E-state index < -0.39 is 0 Å². The van der Waals surface area contributed by atoms with Crippen LogP contribution in [0.15, 0.2) is 109 Å². The van der Waals surface area contributed by atoms with Gasteiger partial charge in [0.05, 0.1) is 0 Å². The Morgan fingerprint density at radius 3 is 1.09 bits per heavy atom. The second-order valence-corrected chi connectivity index (χ2v) is 6.30. The Kier molecular flexibility index (Phi) is 8.71. The molecular weight excluding hydrogens is 420 g/mol. The quantitative estimate of drug-likeness (QED) is 0.196. The third-order valence-electron chi connectivity index (χ3n) is 4.12. The van der Waals surface area contributed by atoms with Crippen LogP contribution >= 0.6 is 0 Å². The van der Waals surface area contributed by atoms with Gasteiger partial charge in [0, 0.05) is 5.04 Å². The number of hydrogen-bond acceptors (Lipinski definition) is 7. The minimum Gasteiger partial charge on any atom is -0.388 e. The van der Waals surface area contributed by atoms with Gasteiger partial charge in [0.25, 0.3) is 12.5 Å². The normalized spacial score (nSPS) is 9.27. The molecule has 4 rings (SSSR count). The first kappa shape index (κ1) is 22.7. The molecule has 0 aliphatic heterocycles. The van der Waals surface area contributed by atoms with Crippen molar-refractivity contribution in [3.63, 3.8) is 0 Å². The topological polar surface area (TPSA) is 93.7 Å². The fourth-order valence-corrected chi connectivity index (χ4v) is 2.59. The lowest BCUT2D eigenvalue weighted by Crippen LogP contribution is -2.01. The van der Waals surface area contributed by atoms with Crippen molar-refractivity contribution in [1.29, 1.82) is 10.5 Å². The highest BCUT2D eigenvalue weighted by Crippen LogP contribution is 2.20. The Balaban J connectivity index is 0.000000215. The average molecular weight is 438 g/mol. The molecule has 0 saturated heterocycles. The molecule has 0 unspecified atom stereocenters. The molecule has 0 aromatic heterocycles. The van der Waals surface area contributed by atoms with Gasteiger partial charge in [-0.15, -0.1) is 10.5 Å². The van der Waals surface area contributed by atoms with E-state index in [0.29, 0.717) is 23.0 Å². The number of rotatable bonds is 7. The van der Waals surface area contributed by atoms with E-state index in [-0.39, 0.29) is 0 Å². The first-order chi connectivity index (χ1) is 16.3. The Morgan fingerprint density at radius 1 is 0.424 bits per heavy atom. The van der Waals surface area contributed by atoms with E-state index in [4.69, 9.17) is 20.3 Å². The van der Waals surface area contributed by atoms with E-state index in [2.05, 4.69) is 63.0 Å². The third kappa shape index (κ3) is 7.65. The predicted octanol–water partition coefficient (Wildman–Crippen LogP) is 6.06. The number of nitriles is 2. The van der Waals surface area contributed by atoms with Crippen molar-refractivity contribution in [2.45, 2.75) is 0 Å². The maximum atomic E-state index is 8.33. The molecule has 7 heteroatoms. The van der Waals surface area contributed by atoms with Gasteiger partial charge in [0.2, 0.25) is 0 Å². The zero-order chi connectivity index (χ0) is 23.1. The molecule has 0 N–H and O–H groups in total. The van der Waals surface area contributed by atoms with Crippen molar-refractivity contribution < 1.29 is 24.3 Å². The fourth-order valence-electron chi connectivity index (χ4n) is 2.59. The maximum absolute atomic E-state index is 8.33. The zero-order valence-corrected chi connectivity index (χ0v) is 17.3. The number of hydrogen-bond donors (Lipinski definition) is 0. The van der Waals surface area contributed by atoms with Crippen molar-refractivity contribution >= 4 is 0 Å². The zero-order valence-electron chi connectivity index (χ0n) is 17.3. The van der Waals surface area contributed by atoms with Crippen LogP contribution in [-0.2, 0) is 5.04 Å². The van der Waals surface area contributed by atoms with Crippen LogP contribution in [-0.4, -0.2) is 0 Å². The molecule has 0 fully saturated rings. The monoisotopic (exact) mass is 438 g/mol. The average Bonchev–Trinajstić information content (AvgIpc) is 2.88. The van der Waals surface area contributed by atoms with Crippen LogP contribution in [0.25, 0.3) is 11.1 Å². The molecule has 0 radical (unpaired) electrons. The summed E-state index contributed by atoms with van der Waals surface area (Å²) in [5.74, 6) is 1.51. The third-order valence-corrected chi connectivity index (χ3v) is 4.12. The van der Waals surface area contributed by atoms with Gasteiger partial charge in [-0.05, 0) is 59.7 Å². The Bertz CT molecular complexity index is 1090. The lowest BCUT2D eigenvalue weighted by atomic mass is 10.1. The Morgan fingerprint density at radius 2 is 0.758 bits per heavy atom. The molecule has 4 aromatic carbocycles. The van der Waals surface area contributed by atoms with Gasteiger partial charge in [-0.3, -0.25) is 9.78 Å². The molecule has 0 bridgehead atoms. The van der Waals surface area contributed by atoms with E-state index in [0.717, 1.165) is 0 Å². The van der Waals surface area contributed by atoms with Gasteiger partial charge in [-0.1, -0.05) is 60.7 Å². The van der Waals surface area contributed by atoms with Crippen molar-refractivity contribution in [2.24, 2.45) is 0 Å². The molecule has 0 amide bonds. The maximum Gasteiger partial charge on any atom is 0.292 e. The number of nitrogens with zero attached hydrogens (tertiary/aromatic N) is 2. The summed E-state index contributed by atoms with van der Waals surface area (Å²) in [5, 5.41) is 21.3. The van der Waals surface area contributed by atoms with Gasteiger partial charge < -0.3 is 9.47 Å². The van der Waals surface area contributed by atoms with Crippen molar-refractivity contribution in [3.05, 3.63) is 109 Å². The summed E-state index contributed by atoms with van der Waals surface area (Å²) in [4.78, 5) is 9.75. The standard InChI is InChI=1S/C14H8N2O5.C12H10/c15-9-17-11-1-5-13(6-2-11)19-21-20-14-7-3-12(4-8-14)18-10-16;1-3-7-11(8-4-1)12-9-5-2-6-10-12/h1-8H;1-10H. The van der Waals surface area contributed by atoms with Crippen LogP contribution in [0.1, 0.15) is 0 Å². The lowest BCUT2D eigenvalue weighted by Gasteiger charge is -2.05. The molecule has 0 atom stereocenters. The number of benzene rings is 4. The van der Waals surface area contributed by atoms with E-state index in [1.807, 2.05) is 12.1 Å². The van der Waals surface area contributed by atoms with E-state index in [1.165, 1.54) is 35.4 Å². The molecular formula is C26H18N2O5. The molecule has 0 heterocycles. The van der Waals surface area contributed by atoms with Crippen LogP contribution in [0.4, 0.5) is 0 Å². The van der Waals surface area contributed by atoms with Gasteiger partial charge in [-0.25, -0.2) is 0 Å². The molecule has 0 aliphatic rings. The number of ether oxygens (including phenoxy) is 2. The van der Waals surface area contributed by atoms with E-state index >= 15 is 0 Å². The fraction of sp³-hybridized carbons (Fsp3) is 0. The summed E-state index contributed by atoms with van der Waals surface area (Å²) in [6, 6.07) is 33.1. The summed E-state index contributed by atoms with van der Waals surface area (Å²) in [6.07, 6.45) is 3.11. The van der Waals surface area contributed by atoms with Crippen LogP contribution in [0.5, 0.6) is 23.0 Å². The van der Waals surface area contributed by atoms with Gasteiger partial charge in [0.15, 0.2) is 11.5 Å². The van der Waals surface area contributed by atoms with Crippen molar-refractivity contribution in [3.8, 4) is 46.6 Å². The second-order valence-electron chi connectivity index (χ2n) is 6.30. The lowest BCUT2D eigenvalue weighted by molar-refractivity contribution is -0.411. The first-order valence-electron chi connectivity index (χ1n) is 9.72. The minimum absolute atomic E-state index is 0.365. The second kappa shape index (κ2) is 12.7. The Hall–Kier alpha value is -4.98. The molecule has 0 spiro atoms. The summed E-state index contributed by atoms with van der Waals surface area (Å²) < 4.78 is 9.22. The van der Waals surface area contributed by atoms with Crippen LogP contribution in [0, 0.1) is 23.0 Å². The molecule has 0 saturated carbocycles. The predicted molar refractivity (Wildman–Crippen MR) is 120 cm³/mol. The van der Waals surface area contributed by atoms with Gasteiger partial charge in [0.1, 0.15) is 11.5 Å². The summed E-state index contributed by atoms with van der Waals surface area (Å²) >= 11 is 0. The van der Waals surface area contributed by atoms with Crippen molar-refractivity contribution in [1.82, 2.24) is 0 Å². The highest BCUT2D eigenvalue weighted by Gasteiger charge is 2.00. The van der Waals surface area contributed by atoms with Gasteiger partial charge in [-0.2, -0.15) is 0 Å². The minimum atomic E-state index is 0.365. The largest absolute Gasteiger partial charge is 0.388 e. The first-order valence-corrected chi connectivity index (χ1v) is 9.72. The van der Waals surface area contributed by atoms with E-state index in [1.54, 1.807) is 36.8 Å². The van der Waals surface area contributed by atoms with Crippen LogP contribution in [0.2, 0.25) is 0 Å².